The molecule has 0 spiro atoms. The number of nitrogens with one attached hydrogen (secondary N) is 1. The van der Waals surface area contributed by atoms with E-state index >= 15 is 0 Å². The number of aryl methyl sites for hydroxylation is 1. The molecule has 148 valence electrons. The number of halogens is 3. The smallest absolute Gasteiger partial charge is 0.416 e. The molecule has 1 aromatic carbocycles. The van der Waals surface area contributed by atoms with Gasteiger partial charge in [-0.05, 0) is 30.5 Å². The molecule has 1 aromatic rings. The minimum Gasteiger partial charge on any atom is -0.489 e. The molecule has 1 aliphatic rings. The molecule has 3 nitrogen and oxygen atoms in total. The fourth-order valence-electron chi connectivity index (χ4n) is 3.41. The summed E-state index contributed by atoms with van der Waals surface area (Å²) in [6.07, 6.45) is 2.77. The van der Waals surface area contributed by atoms with Crippen LogP contribution in [0.3, 0.4) is 0 Å². The van der Waals surface area contributed by atoms with Crippen molar-refractivity contribution in [3.05, 3.63) is 29.3 Å². The third-order valence-corrected chi connectivity index (χ3v) is 4.89. The summed E-state index contributed by atoms with van der Waals surface area (Å²) < 4.78 is 46.0. The van der Waals surface area contributed by atoms with Crippen LogP contribution < -0.4 is 10.1 Å². The topological polar surface area (TPSA) is 41.5 Å². The van der Waals surface area contributed by atoms with E-state index in [4.69, 9.17) is 9.84 Å². The molecule has 0 aliphatic carbocycles. The largest absolute Gasteiger partial charge is 0.489 e. The molecule has 1 saturated heterocycles. The third kappa shape index (κ3) is 6.47. The Labute approximate surface area is 153 Å². The van der Waals surface area contributed by atoms with Gasteiger partial charge in [-0.15, -0.1) is 0 Å². The van der Waals surface area contributed by atoms with Crippen LogP contribution in [-0.4, -0.2) is 30.4 Å². The van der Waals surface area contributed by atoms with Gasteiger partial charge in [-0.1, -0.05) is 45.1 Å². The second-order valence-electron chi connectivity index (χ2n) is 7.10. The lowest BCUT2D eigenvalue weighted by atomic mass is 9.99. The first-order valence-corrected chi connectivity index (χ1v) is 9.65. The number of unbranched alkanes of at least 4 members (excludes halogenated alkanes) is 5. The Morgan fingerprint density at radius 3 is 2.54 bits per heavy atom. The van der Waals surface area contributed by atoms with Crippen LogP contribution in [0.4, 0.5) is 13.2 Å². The molecule has 2 rings (SSSR count). The van der Waals surface area contributed by atoms with Crippen molar-refractivity contribution in [2.45, 2.75) is 76.6 Å². The van der Waals surface area contributed by atoms with Gasteiger partial charge < -0.3 is 15.2 Å². The average molecular weight is 373 g/mol. The summed E-state index contributed by atoms with van der Waals surface area (Å²) in [6, 6.07) is 4.26. The number of benzene rings is 1. The van der Waals surface area contributed by atoms with Gasteiger partial charge in [0, 0.05) is 19.0 Å². The maximum atomic E-state index is 13.4. The number of rotatable bonds is 10. The van der Waals surface area contributed by atoms with E-state index < -0.39 is 11.7 Å². The Bertz CT molecular complexity index is 548. The van der Waals surface area contributed by atoms with E-state index in [0.29, 0.717) is 24.9 Å². The van der Waals surface area contributed by atoms with Crippen molar-refractivity contribution in [3.8, 4) is 5.75 Å². The second kappa shape index (κ2) is 10.2. The molecule has 2 unspecified atom stereocenters. The maximum absolute atomic E-state index is 13.4. The second-order valence-corrected chi connectivity index (χ2v) is 7.10. The highest BCUT2D eigenvalue weighted by Crippen LogP contribution is 2.35. The van der Waals surface area contributed by atoms with Crippen LogP contribution in [0.15, 0.2) is 18.2 Å². The van der Waals surface area contributed by atoms with Crippen molar-refractivity contribution in [2.24, 2.45) is 0 Å². The Balaban J connectivity index is 1.96. The summed E-state index contributed by atoms with van der Waals surface area (Å²) in [5.41, 5.74) is -0.244. The van der Waals surface area contributed by atoms with Crippen LogP contribution in [0.5, 0.6) is 5.75 Å². The van der Waals surface area contributed by atoms with Crippen molar-refractivity contribution >= 4 is 0 Å². The van der Waals surface area contributed by atoms with Crippen LogP contribution in [0.1, 0.15) is 63.0 Å². The predicted molar refractivity (Wildman–Crippen MR) is 96.4 cm³/mol. The zero-order chi connectivity index (χ0) is 19.0. The van der Waals surface area contributed by atoms with Crippen molar-refractivity contribution < 1.29 is 23.0 Å². The summed E-state index contributed by atoms with van der Waals surface area (Å²) in [4.78, 5) is 0. The molecular formula is C20H30F3NO2. The minimum absolute atomic E-state index is 0.00482. The molecule has 0 saturated carbocycles. The van der Waals surface area contributed by atoms with Gasteiger partial charge in [0.25, 0.3) is 0 Å². The van der Waals surface area contributed by atoms with E-state index in [0.717, 1.165) is 38.2 Å². The van der Waals surface area contributed by atoms with Gasteiger partial charge in [0.05, 0.1) is 12.2 Å². The highest BCUT2D eigenvalue weighted by molar-refractivity contribution is 5.38. The number of hydrogen-bond acceptors (Lipinski definition) is 3. The number of ether oxygens (including phenoxy) is 1. The summed E-state index contributed by atoms with van der Waals surface area (Å²) in [5.74, 6) is 0.245. The monoisotopic (exact) mass is 373 g/mol. The van der Waals surface area contributed by atoms with E-state index in [1.54, 1.807) is 12.1 Å². The summed E-state index contributed by atoms with van der Waals surface area (Å²) in [6.45, 7) is 2.68. The molecule has 1 heterocycles. The zero-order valence-corrected chi connectivity index (χ0v) is 15.4. The van der Waals surface area contributed by atoms with Gasteiger partial charge in [0.15, 0.2) is 0 Å². The Morgan fingerprint density at radius 1 is 1.15 bits per heavy atom. The molecule has 2 N–H and O–H groups in total. The SMILES string of the molecule is CCCCCCCCc1ccc(OC2CNC(CO)C2)cc1C(F)(F)F. The van der Waals surface area contributed by atoms with Crippen molar-refractivity contribution in [1.29, 1.82) is 0 Å². The highest BCUT2D eigenvalue weighted by atomic mass is 19.4. The highest BCUT2D eigenvalue weighted by Gasteiger charge is 2.34. The fraction of sp³-hybridized carbons (Fsp3) is 0.700. The van der Waals surface area contributed by atoms with Crippen LogP contribution in [-0.2, 0) is 12.6 Å². The van der Waals surface area contributed by atoms with E-state index in [-0.39, 0.29) is 24.5 Å². The van der Waals surface area contributed by atoms with Crippen LogP contribution in [0, 0.1) is 0 Å². The van der Waals surface area contributed by atoms with Crippen molar-refractivity contribution in [3.63, 3.8) is 0 Å². The number of hydrogen-bond donors (Lipinski definition) is 2. The molecule has 26 heavy (non-hydrogen) atoms. The lowest BCUT2D eigenvalue weighted by Gasteiger charge is -2.17. The van der Waals surface area contributed by atoms with Crippen LogP contribution >= 0.6 is 0 Å². The summed E-state index contributed by atoms with van der Waals surface area (Å²) in [5, 5.41) is 12.2. The molecule has 6 heteroatoms. The molecule has 0 aromatic heterocycles. The van der Waals surface area contributed by atoms with Gasteiger partial charge in [-0.3, -0.25) is 0 Å². The third-order valence-electron chi connectivity index (χ3n) is 4.89. The number of aliphatic hydroxyl groups is 1. The molecule has 0 amide bonds. The molecule has 1 aliphatic heterocycles. The van der Waals surface area contributed by atoms with Gasteiger partial charge in [0.1, 0.15) is 11.9 Å². The fourth-order valence-corrected chi connectivity index (χ4v) is 3.41. The average Bonchev–Trinajstić information content (AvgIpc) is 3.05. The first-order valence-electron chi connectivity index (χ1n) is 9.65. The Morgan fingerprint density at radius 2 is 1.88 bits per heavy atom. The maximum Gasteiger partial charge on any atom is 0.416 e. The lowest BCUT2D eigenvalue weighted by molar-refractivity contribution is -0.138. The van der Waals surface area contributed by atoms with E-state index in [1.165, 1.54) is 6.42 Å². The first-order chi connectivity index (χ1) is 12.4. The van der Waals surface area contributed by atoms with E-state index in [9.17, 15) is 13.2 Å². The Kier molecular flexibility index (Phi) is 8.22. The molecule has 0 bridgehead atoms. The van der Waals surface area contributed by atoms with Gasteiger partial charge >= 0.3 is 6.18 Å². The van der Waals surface area contributed by atoms with Crippen molar-refractivity contribution in [1.82, 2.24) is 5.32 Å². The van der Waals surface area contributed by atoms with E-state index in [2.05, 4.69) is 12.2 Å². The van der Waals surface area contributed by atoms with Gasteiger partial charge in [-0.25, -0.2) is 0 Å². The molecule has 1 fully saturated rings. The van der Waals surface area contributed by atoms with Gasteiger partial charge in [0.2, 0.25) is 0 Å². The standard InChI is InChI=1S/C20H30F3NO2/c1-2-3-4-5-6-7-8-15-9-10-17(12-19(15)20(21,22)23)26-18-11-16(14-25)24-13-18/h9-10,12,16,18,24-25H,2-8,11,13-14H2,1H3. The molecule has 0 radical (unpaired) electrons. The van der Waals surface area contributed by atoms with Crippen molar-refractivity contribution in [2.75, 3.05) is 13.2 Å². The lowest BCUT2D eigenvalue weighted by Crippen LogP contribution is -2.25. The first kappa shape index (κ1) is 21.0. The van der Waals surface area contributed by atoms with Gasteiger partial charge in [-0.2, -0.15) is 13.2 Å². The van der Waals surface area contributed by atoms with Crippen LogP contribution in [0.2, 0.25) is 0 Å². The predicted octanol–water partition coefficient (Wildman–Crippen LogP) is 4.71. The van der Waals surface area contributed by atoms with Crippen LogP contribution in [0.25, 0.3) is 0 Å². The normalized spacial score (nSPS) is 20.5. The summed E-state index contributed by atoms with van der Waals surface area (Å²) in [7, 11) is 0. The summed E-state index contributed by atoms with van der Waals surface area (Å²) >= 11 is 0. The molecular weight excluding hydrogens is 343 g/mol. The quantitative estimate of drug-likeness (QED) is 0.584. The zero-order valence-electron chi connectivity index (χ0n) is 15.4. The number of aliphatic hydroxyl groups excluding tert-OH is 1. The number of alkyl halides is 3. The molecule has 2 atom stereocenters. The minimum atomic E-state index is -4.38. The Hall–Kier alpha value is -1.27. The van der Waals surface area contributed by atoms with E-state index in [1.807, 2.05) is 0 Å².